The predicted octanol–water partition coefficient (Wildman–Crippen LogP) is 2.34. The van der Waals surface area contributed by atoms with E-state index < -0.39 is 0 Å². The number of hydrogen-bond donors (Lipinski definition) is 1. The lowest BCUT2D eigenvalue weighted by Crippen LogP contribution is -2.48. The van der Waals surface area contributed by atoms with Crippen LogP contribution in [0.5, 0.6) is 0 Å². The summed E-state index contributed by atoms with van der Waals surface area (Å²) < 4.78 is 0. The third-order valence-corrected chi connectivity index (χ3v) is 3.19. The Hall–Kier alpha value is -0.730. The largest absolute Gasteiger partial charge is 0.356 e. The minimum atomic E-state index is 0.786. The monoisotopic (exact) mass is 225 g/mol. The van der Waals surface area contributed by atoms with Crippen molar-refractivity contribution in [3.63, 3.8) is 0 Å². The molecule has 1 N–H and O–H groups in total. The quantitative estimate of drug-likeness (QED) is 0.453. The van der Waals surface area contributed by atoms with Crippen molar-refractivity contribution in [2.24, 2.45) is 16.8 Å². The Kier molecular flexibility index (Phi) is 5.64. The second-order valence-corrected chi connectivity index (χ2v) is 5.18. The Morgan fingerprint density at radius 1 is 1.31 bits per heavy atom. The van der Waals surface area contributed by atoms with E-state index in [-0.39, 0.29) is 0 Å². The van der Waals surface area contributed by atoms with Crippen molar-refractivity contribution in [1.82, 2.24) is 10.2 Å². The average molecular weight is 225 g/mol. The minimum absolute atomic E-state index is 0.786. The van der Waals surface area contributed by atoms with Gasteiger partial charge in [0.15, 0.2) is 5.96 Å². The summed E-state index contributed by atoms with van der Waals surface area (Å²) in [4.78, 5) is 6.80. The van der Waals surface area contributed by atoms with E-state index in [0.29, 0.717) is 0 Å². The van der Waals surface area contributed by atoms with Crippen molar-refractivity contribution in [2.45, 2.75) is 40.0 Å². The lowest BCUT2D eigenvalue weighted by molar-refractivity contribution is 0.208. The summed E-state index contributed by atoms with van der Waals surface area (Å²) in [5.41, 5.74) is 0. The molecule has 1 rings (SSSR count). The number of nitrogens with one attached hydrogen (secondary N) is 1. The van der Waals surface area contributed by atoms with E-state index in [0.717, 1.165) is 37.4 Å². The van der Waals surface area contributed by atoms with Crippen molar-refractivity contribution >= 4 is 5.96 Å². The molecule has 2 atom stereocenters. The van der Waals surface area contributed by atoms with Crippen LogP contribution in [0.2, 0.25) is 0 Å². The zero-order valence-electron chi connectivity index (χ0n) is 11.3. The lowest BCUT2D eigenvalue weighted by Gasteiger charge is -2.37. The summed E-state index contributed by atoms with van der Waals surface area (Å²) in [5, 5.41) is 3.46. The van der Waals surface area contributed by atoms with E-state index in [4.69, 9.17) is 0 Å². The van der Waals surface area contributed by atoms with Crippen molar-refractivity contribution in [3.8, 4) is 0 Å². The van der Waals surface area contributed by atoms with Crippen LogP contribution in [-0.4, -0.2) is 37.5 Å². The molecule has 1 heterocycles. The Bertz CT molecular complexity index is 215. The number of rotatable bonds is 3. The molecule has 0 saturated carbocycles. The highest BCUT2D eigenvalue weighted by molar-refractivity contribution is 5.79. The van der Waals surface area contributed by atoms with E-state index in [1.807, 2.05) is 7.05 Å². The van der Waals surface area contributed by atoms with Gasteiger partial charge in [-0.15, -0.1) is 0 Å². The fourth-order valence-electron chi connectivity index (χ4n) is 2.55. The Morgan fingerprint density at radius 3 is 2.44 bits per heavy atom. The summed E-state index contributed by atoms with van der Waals surface area (Å²) in [6, 6.07) is 0. The fraction of sp³-hybridized carbons (Fsp3) is 0.923. The van der Waals surface area contributed by atoms with Gasteiger partial charge in [-0.25, -0.2) is 0 Å². The maximum absolute atomic E-state index is 4.38. The second-order valence-electron chi connectivity index (χ2n) is 5.18. The molecule has 1 aliphatic heterocycles. The molecule has 0 aromatic carbocycles. The van der Waals surface area contributed by atoms with E-state index in [9.17, 15) is 0 Å². The van der Waals surface area contributed by atoms with E-state index >= 15 is 0 Å². The van der Waals surface area contributed by atoms with Gasteiger partial charge in [0.1, 0.15) is 0 Å². The van der Waals surface area contributed by atoms with Crippen LogP contribution in [0.15, 0.2) is 4.99 Å². The lowest BCUT2D eigenvalue weighted by atomic mass is 9.92. The minimum Gasteiger partial charge on any atom is -0.356 e. The summed E-state index contributed by atoms with van der Waals surface area (Å²) in [6.45, 7) is 10.2. The predicted molar refractivity (Wildman–Crippen MR) is 70.8 cm³/mol. The summed E-state index contributed by atoms with van der Waals surface area (Å²) >= 11 is 0. The SMILES string of the molecule is CCCCNC(=NC)N1CC(C)CC(C)C1. The number of aliphatic imine (C=N–C) groups is 1. The first kappa shape index (κ1) is 13.3. The van der Waals surface area contributed by atoms with Gasteiger partial charge in [-0.2, -0.15) is 0 Å². The van der Waals surface area contributed by atoms with Crippen LogP contribution in [0.1, 0.15) is 40.0 Å². The van der Waals surface area contributed by atoms with Gasteiger partial charge in [-0.05, 0) is 24.7 Å². The molecule has 1 aliphatic rings. The standard InChI is InChI=1S/C13H27N3/c1-5-6-7-15-13(14-4)16-9-11(2)8-12(3)10-16/h11-12H,5-10H2,1-4H3,(H,14,15). The summed E-state index contributed by atoms with van der Waals surface area (Å²) in [7, 11) is 1.89. The van der Waals surface area contributed by atoms with Crippen LogP contribution in [0.4, 0.5) is 0 Å². The first-order chi connectivity index (χ1) is 7.67. The van der Waals surface area contributed by atoms with E-state index in [1.165, 1.54) is 19.3 Å². The molecule has 0 aromatic rings. The van der Waals surface area contributed by atoms with Crippen LogP contribution in [0.25, 0.3) is 0 Å². The van der Waals surface area contributed by atoms with Gasteiger partial charge in [0.05, 0.1) is 0 Å². The fourth-order valence-corrected chi connectivity index (χ4v) is 2.55. The maximum Gasteiger partial charge on any atom is 0.193 e. The highest BCUT2D eigenvalue weighted by Crippen LogP contribution is 2.20. The average Bonchev–Trinajstić information content (AvgIpc) is 2.23. The van der Waals surface area contributed by atoms with Crippen molar-refractivity contribution in [1.29, 1.82) is 0 Å². The maximum atomic E-state index is 4.38. The molecule has 16 heavy (non-hydrogen) atoms. The number of likely N-dealkylation sites (tertiary alicyclic amines) is 1. The molecule has 0 bridgehead atoms. The molecule has 94 valence electrons. The topological polar surface area (TPSA) is 27.6 Å². The van der Waals surface area contributed by atoms with Gasteiger partial charge in [0.2, 0.25) is 0 Å². The Balaban J connectivity index is 2.45. The first-order valence-corrected chi connectivity index (χ1v) is 6.63. The van der Waals surface area contributed by atoms with Gasteiger partial charge < -0.3 is 10.2 Å². The van der Waals surface area contributed by atoms with Crippen LogP contribution >= 0.6 is 0 Å². The summed E-state index contributed by atoms with van der Waals surface area (Å²) in [5.74, 6) is 2.66. The Labute approximate surface area is 100 Å². The molecule has 1 saturated heterocycles. The van der Waals surface area contributed by atoms with Crippen LogP contribution in [-0.2, 0) is 0 Å². The number of nitrogens with zero attached hydrogens (tertiary/aromatic N) is 2. The molecule has 2 unspecified atom stereocenters. The Morgan fingerprint density at radius 2 is 1.94 bits per heavy atom. The third kappa shape index (κ3) is 4.03. The molecule has 0 aliphatic carbocycles. The normalized spacial score (nSPS) is 27.0. The molecule has 3 nitrogen and oxygen atoms in total. The first-order valence-electron chi connectivity index (χ1n) is 6.63. The molecular formula is C13H27N3. The number of piperidine rings is 1. The number of hydrogen-bond acceptors (Lipinski definition) is 1. The van der Waals surface area contributed by atoms with Crippen LogP contribution in [0, 0.1) is 11.8 Å². The molecule has 1 fully saturated rings. The smallest absolute Gasteiger partial charge is 0.193 e. The zero-order valence-corrected chi connectivity index (χ0v) is 11.3. The highest BCUT2D eigenvalue weighted by Gasteiger charge is 2.23. The molecule has 0 spiro atoms. The van der Waals surface area contributed by atoms with Gasteiger partial charge in [-0.1, -0.05) is 27.2 Å². The number of guanidine groups is 1. The highest BCUT2D eigenvalue weighted by atomic mass is 15.3. The molecule has 0 aromatic heterocycles. The van der Waals surface area contributed by atoms with Gasteiger partial charge in [0.25, 0.3) is 0 Å². The second kappa shape index (κ2) is 6.77. The van der Waals surface area contributed by atoms with Crippen LogP contribution in [0.3, 0.4) is 0 Å². The van der Waals surface area contributed by atoms with Gasteiger partial charge in [0, 0.05) is 26.7 Å². The van der Waals surface area contributed by atoms with Gasteiger partial charge in [-0.3, -0.25) is 4.99 Å². The molecular weight excluding hydrogens is 198 g/mol. The molecule has 0 radical (unpaired) electrons. The van der Waals surface area contributed by atoms with Crippen molar-refractivity contribution in [2.75, 3.05) is 26.7 Å². The number of unbranched alkanes of at least 4 members (excludes halogenated alkanes) is 1. The van der Waals surface area contributed by atoms with Crippen molar-refractivity contribution in [3.05, 3.63) is 0 Å². The molecule has 3 heteroatoms. The van der Waals surface area contributed by atoms with Crippen molar-refractivity contribution < 1.29 is 0 Å². The zero-order chi connectivity index (χ0) is 12.0. The van der Waals surface area contributed by atoms with E-state index in [2.05, 4.69) is 36.0 Å². The molecule has 0 amide bonds. The van der Waals surface area contributed by atoms with Gasteiger partial charge >= 0.3 is 0 Å². The third-order valence-electron chi connectivity index (χ3n) is 3.19. The van der Waals surface area contributed by atoms with Crippen LogP contribution < -0.4 is 5.32 Å². The van der Waals surface area contributed by atoms with E-state index in [1.54, 1.807) is 0 Å². The summed E-state index contributed by atoms with van der Waals surface area (Å²) in [6.07, 6.45) is 3.80.